The Kier molecular flexibility index (Phi) is 6.07. The number of fused-ring (bicyclic) bond motifs is 1. The lowest BCUT2D eigenvalue weighted by Gasteiger charge is -2.44. The van der Waals surface area contributed by atoms with Crippen molar-refractivity contribution in [3.8, 4) is 0 Å². The molecule has 3 heterocycles. The van der Waals surface area contributed by atoms with Crippen LogP contribution in [0.5, 0.6) is 0 Å². The summed E-state index contributed by atoms with van der Waals surface area (Å²) in [6, 6.07) is 24.3. The Balaban J connectivity index is 1.55. The van der Waals surface area contributed by atoms with Crippen LogP contribution >= 0.6 is 0 Å². The second-order valence-electron chi connectivity index (χ2n) is 10.8. The van der Waals surface area contributed by atoms with Crippen molar-refractivity contribution in [2.45, 2.75) is 69.5 Å². The van der Waals surface area contributed by atoms with Crippen molar-refractivity contribution < 1.29 is 28.2 Å². The van der Waals surface area contributed by atoms with Crippen LogP contribution < -0.4 is 10.4 Å². The van der Waals surface area contributed by atoms with Gasteiger partial charge in [0.25, 0.3) is 8.32 Å². The monoisotopic (exact) mass is 494 g/mol. The highest BCUT2D eigenvalue weighted by Gasteiger charge is 2.66. The van der Waals surface area contributed by atoms with E-state index in [1.165, 1.54) is 0 Å². The van der Waals surface area contributed by atoms with Crippen molar-refractivity contribution in [2.24, 2.45) is 0 Å². The molecule has 0 radical (unpaired) electrons. The third-order valence-corrected chi connectivity index (χ3v) is 12.1. The molecule has 4 atom stereocenters. The van der Waals surface area contributed by atoms with Crippen molar-refractivity contribution >= 4 is 18.7 Å². The fraction of sp³-hybridized carbons (Fsp3) is 0.429. The molecule has 0 amide bonds. The van der Waals surface area contributed by atoms with E-state index in [4.69, 9.17) is 23.1 Å². The molecule has 3 aromatic rings. The maximum Gasteiger partial charge on any atom is 0.261 e. The van der Waals surface area contributed by atoms with Gasteiger partial charge in [-0.3, -0.25) is 0 Å². The Bertz CT molecular complexity index is 1090. The number of benzene rings is 2. The fourth-order valence-electron chi connectivity index (χ4n) is 5.51. The van der Waals surface area contributed by atoms with E-state index in [-0.39, 0.29) is 11.6 Å². The van der Waals surface area contributed by atoms with Gasteiger partial charge in [-0.25, -0.2) is 0 Å². The van der Waals surface area contributed by atoms with Gasteiger partial charge >= 0.3 is 0 Å². The summed E-state index contributed by atoms with van der Waals surface area (Å²) in [5.41, 5.74) is -1.56. The summed E-state index contributed by atoms with van der Waals surface area (Å²) in [4.78, 5) is 0. The molecular formula is C28H34O6Si. The molecule has 6 nitrogen and oxygen atoms in total. The quantitative estimate of drug-likeness (QED) is 0.524. The smallest absolute Gasteiger partial charge is 0.261 e. The van der Waals surface area contributed by atoms with Crippen molar-refractivity contribution in [1.29, 1.82) is 0 Å². The number of hydrogen-bond donors (Lipinski definition) is 1. The predicted octanol–water partition coefficient (Wildman–Crippen LogP) is 3.92. The van der Waals surface area contributed by atoms with Crippen molar-refractivity contribution in [3.63, 3.8) is 0 Å². The van der Waals surface area contributed by atoms with Crippen LogP contribution in [0.2, 0.25) is 5.04 Å². The van der Waals surface area contributed by atoms with Crippen LogP contribution in [0.1, 0.15) is 40.4 Å². The van der Waals surface area contributed by atoms with E-state index < -0.39 is 38.2 Å². The Morgan fingerprint density at radius 3 is 2.00 bits per heavy atom. The lowest BCUT2D eigenvalue weighted by Crippen LogP contribution is -2.67. The molecule has 2 aromatic carbocycles. The van der Waals surface area contributed by atoms with Gasteiger partial charge < -0.3 is 28.2 Å². The first-order chi connectivity index (χ1) is 16.6. The third-order valence-electron chi connectivity index (χ3n) is 7.06. The Morgan fingerprint density at radius 1 is 0.886 bits per heavy atom. The topological polar surface area (TPSA) is 70.3 Å². The molecule has 1 aromatic heterocycles. The van der Waals surface area contributed by atoms with Crippen LogP contribution in [0.25, 0.3) is 0 Å². The molecule has 0 saturated carbocycles. The molecule has 2 aliphatic rings. The Hall–Kier alpha value is -2.26. The Labute approximate surface area is 207 Å². The molecule has 2 saturated heterocycles. The maximum atomic E-state index is 12.1. The van der Waals surface area contributed by atoms with E-state index in [0.29, 0.717) is 5.76 Å². The van der Waals surface area contributed by atoms with Gasteiger partial charge in [0.15, 0.2) is 23.8 Å². The SMILES string of the molecule is CC1(C)O[C@@H]2O[C@H](CO[Si](c3ccccc3)(c3ccccc3)C(C)(C)C)[C@@](O)(c3ccco3)[C@@H]2O1. The van der Waals surface area contributed by atoms with Gasteiger partial charge in [0.1, 0.15) is 11.9 Å². The largest absolute Gasteiger partial charge is 0.466 e. The van der Waals surface area contributed by atoms with Gasteiger partial charge in [-0.05, 0) is 41.4 Å². The highest BCUT2D eigenvalue weighted by atomic mass is 28.4. The minimum Gasteiger partial charge on any atom is -0.466 e. The van der Waals surface area contributed by atoms with Gasteiger partial charge in [0.05, 0.1) is 12.9 Å². The van der Waals surface area contributed by atoms with Crippen LogP contribution in [-0.2, 0) is 24.2 Å². The molecule has 2 aliphatic heterocycles. The van der Waals surface area contributed by atoms with E-state index in [9.17, 15) is 5.11 Å². The molecule has 1 N–H and O–H groups in total. The zero-order valence-electron chi connectivity index (χ0n) is 20.9. The molecule has 0 unspecified atom stereocenters. The summed E-state index contributed by atoms with van der Waals surface area (Å²) in [6.45, 7) is 10.4. The van der Waals surface area contributed by atoms with E-state index >= 15 is 0 Å². The second-order valence-corrected chi connectivity index (χ2v) is 15.1. The van der Waals surface area contributed by atoms with Gasteiger partial charge in [-0.2, -0.15) is 0 Å². The second kappa shape index (κ2) is 8.69. The summed E-state index contributed by atoms with van der Waals surface area (Å²) in [7, 11) is -2.83. The minimum atomic E-state index is -2.83. The number of aliphatic hydroxyl groups is 1. The van der Waals surface area contributed by atoms with Gasteiger partial charge in [0.2, 0.25) is 0 Å². The lowest BCUT2D eigenvalue weighted by molar-refractivity contribution is -0.237. The number of hydrogen-bond acceptors (Lipinski definition) is 6. The fourth-order valence-corrected chi connectivity index (χ4v) is 10.1. The zero-order valence-corrected chi connectivity index (χ0v) is 21.9. The highest BCUT2D eigenvalue weighted by Crippen LogP contribution is 2.49. The molecule has 0 spiro atoms. The molecule has 0 bridgehead atoms. The van der Waals surface area contributed by atoms with Crippen LogP contribution in [0.3, 0.4) is 0 Å². The summed E-state index contributed by atoms with van der Waals surface area (Å²) >= 11 is 0. The van der Waals surface area contributed by atoms with Gasteiger partial charge in [-0.15, -0.1) is 0 Å². The van der Waals surface area contributed by atoms with Gasteiger partial charge in [-0.1, -0.05) is 81.4 Å². The summed E-state index contributed by atoms with van der Waals surface area (Å²) in [5.74, 6) is -0.498. The molecule has 2 fully saturated rings. The third kappa shape index (κ3) is 4.00. The lowest BCUT2D eigenvalue weighted by atomic mass is 9.90. The first kappa shape index (κ1) is 24.4. The maximum absolute atomic E-state index is 12.1. The Morgan fingerprint density at radius 2 is 1.49 bits per heavy atom. The summed E-state index contributed by atoms with van der Waals surface area (Å²) < 4.78 is 31.1. The number of furan rings is 1. The molecule has 7 heteroatoms. The first-order valence-corrected chi connectivity index (χ1v) is 14.0. The number of ether oxygens (including phenoxy) is 3. The number of rotatable bonds is 6. The summed E-state index contributed by atoms with van der Waals surface area (Å²) in [5, 5.41) is 14.2. The average Bonchev–Trinajstić information content (AvgIpc) is 3.52. The van der Waals surface area contributed by atoms with E-state index in [0.717, 1.165) is 10.4 Å². The predicted molar refractivity (Wildman–Crippen MR) is 135 cm³/mol. The van der Waals surface area contributed by atoms with E-state index in [1.807, 2.05) is 26.0 Å². The zero-order chi connectivity index (χ0) is 24.9. The van der Waals surface area contributed by atoms with E-state index in [2.05, 4.69) is 69.3 Å². The van der Waals surface area contributed by atoms with Crippen LogP contribution in [0.4, 0.5) is 0 Å². The molecule has 35 heavy (non-hydrogen) atoms. The molecule has 186 valence electrons. The average molecular weight is 495 g/mol. The highest BCUT2D eigenvalue weighted by molar-refractivity contribution is 6.99. The molecule has 5 rings (SSSR count). The normalized spacial score (nSPS) is 28.2. The standard InChI is InChI=1S/C28H34O6Si/c1-26(2,3)35(20-13-8-6-9-14-20,21-15-10-7-11-16-21)31-19-23-28(29,22-17-12-18-30-22)24-25(32-23)34-27(4,5)33-24/h6-18,23-25,29H,19H2,1-5H3/t23-,24-,25+,28+/m1/s1. The summed E-state index contributed by atoms with van der Waals surface area (Å²) in [6.07, 6.45) is -0.674. The van der Waals surface area contributed by atoms with Crippen LogP contribution in [0, 0.1) is 0 Å². The van der Waals surface area contributed by atoms with Crippen LogP contribution in [-0.4, -0.2) is 44.3 Å². The minimum absolute atomic E-state index is 0.143. The van der Waals surface area contributed by atoms with Crippen molar-refractivity contribution in [3.05, 3.63) is 84.8 Å². The first-order valence-electron chi connectivity index (χ1n) is 12.1. The van der Waals surface area contributed by atoms with Crippen molar-refractivity contribution in [2.75, 3.05) is 6.61 Å². The van der Waals surface area contributed by atoms with E-state index in [1.54, 1.807) is 18.4 Å². The van der Waals surface area contributed by atoms with Crippen LogP contribution in [0.15, 0.2) is 83.5 Å². The molecular weight excluding hydrogens is 460 g/mol. The molecule has 0 aliphatic carbocycles. The van der Waals surface area contributed by atoms with Gasteiger partial charge in [0, 0.05) is 0 Å². The van der Waals surface area contributed by atoms with Crippen molar-refractivity contribution in [1.82, 2.24) is 0 Å².